The van der Waals surface area contributed by atoms with Gasteiger partial charge in [-0.3, -0.25) is 24.0 Å². The third-order valence-electron chi connectivity index (χ3n) is 7.25. The van der Waals surface area contributed by atoms with Gasteiger partial charge in [-0.05, 0) is 69.7 Å². The number of hydrogen-bond acceptors (Lipinski definition) is 12. The summed E-state index contributed by atoms with van der Waals surface area (Å²) in [4.78, 5) is 60.9. The second-order valence-corrected chi connectivity index (χ2v) is 14.1. The number of benzene rings is 2. The Balaban J connectivity index is 1.78. The number of nitrogens with one attached hydrogen (secondary N) is 5. The summed E-state index contributed by atoms with van der Waals surface area (Å²) in [6.07, 6.45) is 1.25. The molecule has 276 valence electrons. The summed E-state index contributed by atoms with van der Waals surface area (Å²) in [6.45, 7) is 3.79. The van der Waals surface area contributed by atoms with E-state index in [4.69, 9.17) is 15.3 Å². The summed E-state index contributed by atoms with van der Waals surface area (Å²) in [5, 5.41) is 32.5. The lowest BCUT2D eigenvalue weighted by Crippen LogP contribution is -2.44. The number of ketones is 1. The molecule has 0 bridgehead atoms. The van der Waals surface area contributed by atoms with E-state index in [2.05, 4.69) is 26.6 Å². The van der Waals surface area contributed by atoms with Crippen LogP contribution in [0.5, 0.6) is 0 Å². The fourth-order valence-corrected chi connectivity index (χ4v) is 5.56. The SMILES string of the molecule is CC(=O)SCC(=O)NCC(=O)NCC(=O)NCC(=O)C(NCCCNCCCO)c1cc(-c2ccc(C)cc2)n(-c2ccc(S(N)(=O)=O)cc2)n1. The van der Waals surface area contributed by atoms with Crippen LogP contribution in [0.4, 0.5) is 0 Å². The summed E-state index contributed by atoms with van der Waals surface area (Å²) >= 11 is 0.805. The highest BCUT2D eigenvalue weighted by atomic mass is 32.2. The number of aliphatic hydroxyl groups is 1. The molecule has 0 radical (unpaired) electrons. The fourth-order valence-electron chi connectivity index (χ4n) is 4.61. The minimum absolute atomic E-state index is 0.0710. The van der Waals surface area contributed by atoms with Crippen LogP contribution in [0.2, 0.25) is 0 Å². The zero-order valence-electron chi connectivity index (χ0n) is 28.4. The lowest BCUT2D eigenvalue weighted by Gasteiger charge is -2.17. The van der Waals surface area contributed by atoms with Gasteiger partial charge in [-0.25, -0.2) is 18.2 Å². The van der Waals surface area contributed by atoms with Crippen LogP contribution >= 0.6 is 11.8 Å². The highest BCUT2D eigenvalue weighted by Crippen LogP contribution is 2.28. The molecule has 0 saturated heterocycles. The molecule has 0 aliphatic heterocycles. The monoisotopic (exact) mass is 744 g/mol. The van der Waals surface area contributed by atoms with Gasteiger partial charge in [-0.2, -0.15) is 5.10 Å². The first-order chi connectivity index (χ1) is 24.3. The molecular formula is C33H44N8O8S2. The Hall–Kier alpha value is -4.46. The van der Waals surface area contributed by atoms with Crippen molar-refractivity contribution < 1.29 is 37.5 Å². The van der Waals surface area contributed by atoms with Gasteiger partial charge in [0.05, 0.1) is 47.4 Å². The van der Waals surface area contributed by atoms with Gasteiger partial charge in [0.1, 0.15) is 6.04 Å². The van der Waals surface area contributed by atoms with Crippen molar-refractivity contribution in [2.24, 2.45) is 5.14 Å². The molecule has 0 saturated carbocycles. The quantitative estimate of drug-likeness (QED) is 0.0695. The minimum Gasteiger partial charge on any atom is -0.396 e. The van der Waals surface area contributed by atoms with Gasteiger partial charge in [-0.1, -0.05) is 41.6 Å². The molecule has 0 spiro atoms. The number of amides is 3. The number of rotatable bonds is 21. The molecule has 16 nitrogen and oxygen atoms in total. The van der Waals surface area contributed by atoms with Crippen LogP contribution < -0.4 is 31.7 Å². The fraction of sp³-hybridized carbons (Fsp3) is 0.394. The summed E-state index contributed by atoms with van der Waals surface area (Å²) in [7, 11) is -3.93. The number of primary sulfonamides is 1. The first kappa shape index (κ1) is 41.0. The molecule has 51 heavy (non-hydrogen) atoms. The average molecular weight is 745 g/mol. The molecule has 0 aliphatic rings. The third-order valence-corrected chi connectivity index (χ3v) is 8.99. The Labute approximate surface area is 300 Å². The second-order valence-electron chi connectivity index (χ2n) is 11.4. The van der Waals surface area contributed by atoms with Crippen molar-refractivity contribution in [3.8, 4) is 16.9 Å². The van der Waals surface area contributed by atoms with Crippen LogP contribution in [-0.2, 0) is 34.0 Å². The Morgan fingerprint density at radius 3 is 2.08 bits per heavy atom. The molecule has 1 aromatic heterocycles. The molecule has 2 aromatic carbocycles. The van der Waals surface area contributed by atoms with Crippen LogP contribution in [0.3, 0.4) is 0 Å². The van der Waals surface area contributed by atoms with Crippen molar-refractivity contribution in [3.05, 3.63) is 65.9 Å². The standard InChI is InChI=1S/C33H44N8O8S2/c1-22-5-7-24(8-6-22)28-17-27(40-41(28)25-9-11-26(12-10-25)51(34,48)49)33(36-15-3-13-35-14-4-16-42)29(44)18-37-30(45)19-38-31(46)20-39-32(47)21-50-23(2)43/h5-12,17,33,35-36,42H,3-4,13-16,18-21H2,1-2H3,(H,37,45)(H,38,46)(H,39,47)(H2,34,48,49). The van der Waals surface area contributed by atoms with E-state index in [1.807, 2.05) is 31.2 Å². The van der Waals surface area contributed by atoms with Crippen LogP contribution in [0.1, 0.15) is 37.1 Å². The largest absolute Gasteiger partial charge is 0.396 e. The van der Waals surface area contributed by atoms with Crippen LogP contribution in [0.25, 0.3) is 16.9 Å². The van der Waals surface area contributed by atoms with Gasteiger partial charge in [0.15, 0.2) is 10.9 Å². The summed E-state index contributed by atoms with van der Waals surface area (Å²) < 4.78 is 25.3. The number of sulfonamides is 1. The van der Waals surface area contributed by atoms with Gasteiger partial charge in [0.2, 0.25) is 27.7 Å². The number of Topliss-reactive ketones (excluding diaryl/α,β-unsaturated/α-hetero) is 1. The third kappa shape index (κ3) is 14.0. The number of thioether (sulfide) groups is 1. The van der Waals surface area contributed by atoms with E-state index in [9.17, 15) is 32.4 Å². The van der Waals surface area contributed by atoms with Gasteiger partial charge >= 0.3 is 0 Å². The number of aromatic nitrogens is 2. The predicted molar refractivity (Wildman–Crippen MR) is 192 cm³/mol. The number of aliphatic hydroxyl groups excluding tert-OH is 1. The summed E-state index contributed by atoms with van der Waals surface area (Å²) in [5.41, 5.74) is 3.30. The van der Waals surface area contributed by atoms with E-state index in [0.29, 0.717) is 49.6 Å². The molecule has 18 heteroatoms. The summed E-state index contributed by atoms with van der Waals surface area (Å²) in [6, 6.07) is 14.3. The molecule has 0 aliphatic carbocycles. The number of nitrogens with two attached hydrogens (primary N) is 1. The van der Waals surface area contributed by atoms with E-state index < -0.39 is 52.7 Å². The second kappa shape index (κ2) is 20.4. The molecule has 8 N–H and O–H groups in total. The van der Waals surface area contributed by atoms with Gasteiger partial charge in [0.25, 0.3) is 0 Å². The van der Waals surface area contributed by atoms with Crippen LogP contribution in [0, 0.1) is 6.92 Å². The van der Waals surface area contributed by atoms with E-state index in [1.165, 1.54) is 19.1 Å². The van der Waals surface area contributed by atoms with Crippen molar-refractivity contribution in [2.75, 3.05) is 51.6 Å². The maximum atomic E-state index is 13.7. The molecule has 3 rings (SSSR count). The lowest BCUT2D eigenvalue weighted by molar-refractivity contribution is -0.128. The van der Waals surface area contributed by atoms with Gasteiger partial charge in [0, 0.05) is 19.1 Å². The van der Waals surface area contributed by atoms with E-state index in [0.717, 1.165) is 22.9 Å². The first-order valence-electron chi connectivity index (χ1n) is 16.1. The highest BCUT2D eigenvalue weighted by Gasteiger charge is 2.26. The molecular weight excluding hydrogens is 701 g/mol. The minimum atomic E-state index is -3.93. The normalized spacial score (nSPS) is 11.8. The van der Waals surface area contributed by atoms with Crippen molar-refractivity contribution in [1.29, 1.82) is 0 Å². The topological polar surface area (TPSA) is 244 Å². The van der Waals surface area contributed by atoms with E-state index in [1.54, 1.807) is 22.9 Å². The molecule has 1 atom stereocenters. The Morgan fingerprint density at radius 1 is 0.863 bits per heavy atom. The molecule has 3 aromatic rings. The Kier molecular flexibility index (Phi) is 16.4. The molecule has 1 unspecified atom stereocenters. The maximum Gasteiger partial charge on any atom is 0.239 e. The van der Waals surface area contributed by atoms with Crippen LogP contribution in [-0.4, -0.2) is 104 Å². The number of nitrogens with zero attached hydrogens (tertiary/aromatic N) is 2. The molecule has 3 amide bonds. The number of aryl methyl sites for hydroxylation is 1. The van der Waals surface area contributed by atoms with Crippen molar-refractivity contribution in [2.45, 2.75) is 37.6 Å². The molecule has 1 heterocycles. The van der Waals surface area contributed by atoms with E-state index in [-0.39, 0.29) is 28.9 Å². The number of carbonyl (C=O) groups excluding carboxylic acids is 5. The van der Waals surface area contributed by atoms with Gasteiger partial charge in [-0.15, -0.1) is 0 Å². The van der Waals surface area contributed by atoms with Crippen LogP contribution in [0.15, 0.2) is 59.5 Å². The number of hydrogen-bond donors (Lipinski definition) is 7. The van der Waals surface area contributed by atoms with Crippen molar-refractivity contribution in [1.82, 2.24) is 36.4 Å². The smallest absolute Gasteiger partial charge is 0.239 e. The van der Waals surface area contributed by atoms with E-state index >= 15 is 0 Å². The number of carbonyl (C=O) groups is 5. The Morgan fingerprint density at radius 2 is 1.47 bits per heavy atom. The summed E-state index contributed by atoms with van der Waals surface area (Å²) in [5.74, 6) is -2.31. The zero-order chi connectivity index (χ0) is 37.4. The predicted octanol–water partition coefficient (Wildman–Crippen LogP) is -0.315. The average Bonchev–Trinajstić information content (AvgIpc) is 3.54. The van der Waals surface area contributed by atoms with Crippen molar-refractivity contribution in [3.63, 3.8) is 0 Å². The molecule has 0 fully saturated rings. The Bertz CT molecular complexity index is 1760. The first-order valence-corrected chi connectivity index (χ1v) is 18.6. The zero-order valence-corrected chi connectivity index (χ0v) is 30.1. The lowest BCUT2D eigenvalue weighted by atomic mass is 10.1. The maximum absolute atomic E-state index is 13.7. The van der Waals surface area contributed by atoms with Crippen molar-refractivity contribution >= 4 is 50.4 Å². The van der Waals surface area contributed by atoms with Gasteiger partial charge < -0.3 is 31.7 Å². The highest BCUT2D eigenvalue weighted by molar-refractivity contribution is 8.14.